The van der Waals surface area contributed by atoms with Gasteiger partial charge in [0.25, 0.3) is 0 Å². The zero-order chi connectivity index (χ0) is 12.1. The quantitative estimate of drug-likeness (QED) is 0.822. The molecule has 0 aromatic carbocycles. The third-order valence-corrected chi connectivity index (χ3v) is 3.20. The predicted octanol–water partition coefficient (Wildman–Crippen LogP) is 2.96. The van der Waals surface area contributed by atoms with E-state index >= 15 is 0 Å². The molecule has 1 aromatic heterocycles. The summed E-state index contributed by atoms with van der Waals surface area (Å²) in [5.41, 5.74) is 1.12. The number of hydrogen-bond acceptors (Lipinski definition) is 4. The first-order chi connectivity index (χ1) is 8.29. The summed E-state index contributed by atoms with van der Waals surface area (Å²) in [5.74, 6) is 1.73. The van der Waals surface area contributed by atoms with E-state index in [9.17, 15) is 0 Å². The van der Waals surface area contributed by atoms with Crippen LogP contribution in [-0.2, 0) is 0 Å². The monoisotopic (exact) mass is 234 g/mol. The van der Waals surface area contributed by atoms with Crippen LogP contribution in [-0.4, -0.2) is 22.6 Å². The molecule has 1 aliphatic carbocycles. The molecule has 0 bridgehead atoms. The molecule has 2 rings (SSSR count). The summed E-state index contributed by atoms with van der Waals surface area (Å²) in [4.78, 5) is 8.83. The molecule has 94 valence electrons. The molecular weight excluding hydrogens is 212 g/mol. The number of nitrogens with zero attached hydrogens (tertiary/aromatic N) is 2. The summed E-state index contributed by atoms with van der Waals surface area (Å²) in [6, 6.07) is 0.600. The van der Waals surface area contributed by atoms with Gasteiger partial charge in [-0.05, 0) is 26.2 Å². The van der Waals surface area contributed by atoms with Crippen molar-refractivity contribution in [3.05, 3.63) is 11.8 Å². The summed E-state index contributed by atoms with van der Waals surface area (Å²) in [6.45, 7) is 5.12. The molecule has 0 unspecified atom stereocenters. The van der Waals surface area contributed by atoms with E-state index in [4.69, 9.17) is 0 Å². The first-order valence-corrected chi connectivity index (χ1v) is 6.63. The molecule has 2 N–H and O–H groups in total. The van der Waals surface area contributed by atoms with E-state index in [2.05, 4.69) is 34.4 Å². The maximum atomic E-state index is 4.54. The van der Waals surface area contributed by atoms with Gasteiger partial charge in [0.05, 0.1) is 0 Å². The maximum Gasteiger partial charge on any atom is 0.224 e. The van der Waals surface area contributed by atoms with Crippen molar-refractivity contribution in [1.29, 1.82) is 0 Å². The van der Waals surface area contributed by atoms with E-state index in [-0.39, 0.29) is 0 Å². The van der Waals surface area contributed by atoms with Gasteiger partial charge in [0.2, 0.25) is 5.95 Å². The van der Waals surface area contributed by atoms with Gasteiger partial charge in [-0.2, -0.15) is 4.98 Å². The van der Waals surface area contributed by atoms with Crippen LogP contribution in [0, 0.1) is 6.92 Å². The van der Waals surface area contributed by atoms with Crippen LogP contribution in [0.15, 0.2) is 6.20 Å². The Morgan fingerprint density at radius 2 is 2.12 bits per heavy atom. The highest BCUT2D eigenvalue weighted by molar-refractivity contribution is 5.47. The minimum Gasteiger partial charge on any atom is -0.367 e. The van der Waals surface area contributed by atoms with Crippen LogP contribution >= 0.6 is 0 Å². The second-order valence-corrected chi connectivity index (χ2v) is 4.78. The van der Waals surface area contributed by atoms with Crippen molar-refractivity contribution in [3.8, 4) is 0 Å². The maximum absolute atomic E-state index is 4.54. The normalized spacial score (nSPS) is 16.1. The Labute approximate surface area is 103 Å². The SMILES string of the molecule is CCCNc1ncc(C)c(NC2CCCC2)n1. The van der Waals surface area contributed by atoms with Gasteiger partial charge in [-0.25, -0.2) is 4.98 Å². The Hall–Kier alpha value is -1.32. The van der Waals surface area contributed by atoms with Gasteiger partial charge in [0.15, 0.2) is 0 Å². The third-order valence-electron chi connectivity index (χ3n) is 3.20. The molecule has 1 aliphatic rings. The summed E-state index contributed by atoms with van der Waals surface area (Å²) < 4.78 is 0. The zero-order valence-corrected chi connectivity index (χ0v) is 10.8. The topological polar surface area (TPSA) is 49.8 Å². The van der Waals surface area contributed by atoms with Crippen LogP contribution in [0.1, 0.15) is 44.6 Å². The summed E-state index contributed by atoms with van der Waals surface area (Å²) in [6.07, 6.45) is 8.18. The molecule has 1 aromatic rings. The van der Waals surface area contributed by atoms with Gasteiger partial charge in [-0.3, -0.25) is 0 Å². The second-order valence-electron chi connectivity index (χ2n) is 4.78. The molecule has 0 aliphatic heterocycles. The number of nitrogens with one attached hydrogen (secondary N) is 2. The number of aryl methyl sites for hydroxylation is 1. The molecule has 0 saturated heterocycles. The highest BCUT2D eigenvalue weighted by Gasteiger charge is 2.16. The Balaban J connectivity index is 2.03. The number of anilines is 2. The lowest BCUT2D eigenvalue weighted by atomic mass is 10.2. The zero-order valence-electron chi connectivity index (χ0n) is 10.8. The Bertz CT molecular complexity index is 358. The van der Waals surface area contributed by atoms with Crippen molar-refractivity contribution < 1.29 is 0 Å². The standard InChI is InChI=1S/C13H22N4/c1-3-8-14-13-15-9-10(2)12(17-13)16-11-6-4-5-7-11/h9,11H,3-8H2,1-2H3,(H2,14,15,16,17). The van der Waals surface area contributed by atoms with Crippen LogP contribution in [0.5, 0.6) is 0 Å². The third kappa shape index (κ3) is 3.32. The minimum absolute atomic E-state index is 0.600. The van der Waals surface area contributed by atoms with Gasteiger partial charge < -0.3 is 10.6 Å². The molecule has 0 radical (unpaired) electrons. The van der Waals surface area contributed by atoms with E-state index in [1.54, 1.807) is 0 Å². The number of aromatic nitrogens is 2. The largest absolute Gasteiger partial charge is 0.367 e. The fourth-order valence-corrected chi connectivity index (χ4v) is 2.17. The van der Waals surface area contributed by atoms with Gasteiger partial charge in [0, 0.05) is 24.3 Å². The molecule has 17 heavy (non-hydrogen) atoms. The van der Waals surface area contributed by atoms with Crippen LogP contribution in [0.4, 0.5) is 11.8 Å². The van der Waals surface area contributed by atoms with Crippen molar-refractivity contribution >= 4 is 11.8 Å². The van der Waals surface area contributed by atoms with Crippen LogP contribution < -0.4 is 10.6 Å². The summed E-state index contributed by atoms with van der Waals surface area (Å²) in [7, 11) is 0. The highest BCUT2D eigenvalue weighted by atomic mass is 15.1. The van der Waals surface area contributed by atoms with Crippen molar-refractivity contribution in [3.63, 3.8) is 0 Å². The molecule has 0 spiro atoms. The number of rotatable bonds is 5. The van der Waals surface area contributed by atoms with Crippen LogP contribution in [0.2, 0.25) is 0 Å². The smallest absolute Gasteiger partial charge is 0.224 e. The first kappa shape index (κ1) is 12.1. The average molecular weight is 234 g/mol. The van der Waals surface area contributed by atoms with Crippen molar-refractivity contribution in [1.82, 2.24) is 9.97 Å². The van der Waals surface area contributed by atoms with Gasteiger partial charge in [-0.1, -0.05) is 19.8 Å². The van der Waals surface area contributed by atoms with E-state index in [0.29, 0.717) is 6.04 Å². The molecular formula is C13H22N4. The van der Waals surface area contributed by atoms with Gasteiger partial charge in [0.1, 0.15) is 5.82 Å². The number of hydrogen-bond donors (Lipinski definition) is 2. The van der Waals surface area contributed by atoms with E-state index in [1.807, 2.05) is 6.20 Å². The van der Waals surface area contributed by atoms with Crippen molar-refractivity contribution in [2.45, 2.75) is 52.0 Å². The Kier molecular flexibility index (Phi) is 4.18. The summed E-state index contributed by atoms with van der Waals surface area (Å²) in [5, 5.41) is 6.76. The molecule has 4 heteroatoms. The minimum atomic E-state index is 0.600. The highest BCUT2D eigenvalue weighted by Crippen LogP contribution is 2.23. The summed E-state index contributed by atoms with van der Waals surface area (Å²) >= 11 is 0. The average Bonchev–Trinajstić information content (AvgIpc) is 2.83. The lowest BCUT2D eigenvalue weighted by molar-refractivity contribution is 0.748. The van der Waals surface area contributed by atoms with Gasteiger partial charge in [-0.15, -0.1) is 0 Å². The van der Waals surface area contributed by atoms with Crippen molar-refractivity contribution in [2.75, 3.05) is 17.2 Å². The molecule has 0 amide bonds. The van der Waals surface area contributed by atoms with Crippen LogP contribution in [0.3, 0.4) is 0 Å². The lowest BCUT2D eigenvalue weighted by Gasteiger charge is -2.15. The Morgan fingerprint density at radius 3 is 2.82 bits per heavy atom. The molecule has 1 heterocycles. The van der Waals surface area contributed by atoms with Crippen molar-refractivity contribution in [2.24, 2.45) is 0 Å². The van der Waals surface area contributed by atoms with E-state index in [1.165, 1.54) is 25.7 Å². The fourth-order valence-electron chi connectivity index (χ4n) is 2.17. The van der Waals surface area contributed by atoms with E-state index < -0.39 is 0 Å². The Morgan fingerprint density at radius 1 is 1.35 bits per heavy atom. The fraction of sp³-hybridized carbons (Fsp3) is 0.692. The lowest BCUT2D eigenvalue weighted by Crippen LogP contribution is -2.17. The molecule has 4 nitrogen and oxygen atoms in total. The molecule has 0 atom stereocenters. The second kappa shape index (κ2) is 5.84. The molecule has 1 saturated carbocycles. The molecule has 1 fully saturated rings. The first-order valence-electron chi connectivity index (χ1n) is 6.63. The van der Waals surface area contributed by atoms with Crippen LogP contribution in [0.25, 0.3) is 0 Å². The van der Waals surface area contributed by atoms with E-state index in [0.717, 1.165) is 30.3 Å². The van der Waals surface area contributed by atoms with Gasteiger partial charge >= 0.3 is 0 Å². The predicted molar refractivity (Wildman–Crippen MR) is 71.4 cm³/mol.